The summed E-state index contributed by atoms with van der Waals surface area (Å²) in [6.07, 6.45) is -2.16. The number of carboxylic acid groups (broad SMARTS) is 2. The third-order valence-electron chi connectivity index (χ3n) is 2.34. The second-order valence-electron chi connectivity index (χ2n) is 6.03. The monoisotopic (exact) mass is 324 g/mol. The zero-order valence-electron chi connectivity index (χ0n) is 12.3. The van der Waals surface area contributed by atoms with Crippen LogP contribution in [0.3, 0.4) is 0 Å². The molecule has 2 N–H and O–H groups in total. The van der Waals surface area contributed by atoms with Crippen molar-refractivity contribution in [2.45, 2.75) is 37.2 Å². The van der Waals surface area contributed by atoms with Crippen molar-refractivity contribution in [3.8, 4) is 0 Å². The van der Waals surface area contributed by atoms with E-state index in [0.29, 0.717) is 0 Å². The van der Waals surface area contributed by atoms with Gasteiger partial charge in [-0.1, -0.05) is 0 Å². The molecule has 0 aromatic heterocycles. The molecule has 20 heavy (non-hydrogen) atoms. The van der Waals surface area contributed by atoms with E-state index in [1.807, 2.05) is 0 Å². The summed E-state index contributed by atoms with van der Waals surface area (Å²) in [5.74, 6) is 0. The fraction of sp³-hybridized carbons (Fsp3) is 0.833. The standard InChI is InChI=1S/C12H24N2O4S2/c1-11(2,19)7-13(9(15)16)5-6-14(10(17)18)8-12(3,4)20/h19-20H,5-8H2,1-4H3,(H,15,16)(H,17,18). The Morgan fingerprint density at radius 3 is 1.25 bits per heavy atom. The minimum absolute atomic E-state index is 0.107. The lowest BCUT2D eigenvalue weighted by atomic mass is 10.2. The molecule has 0 aromatic carbocycles. The zero-order chi connectivity index (χ0) is 16.1. The Kier molecular flexibility index (Phi) is 7.03. The number of hydrogen-bond acceptors (Lipinski definition) is 4. The molecule has 0 saturated carbocycles. The van der Waals surface area contributed by atoms with Crippen molar-refractivity contribution in [2.75, 3.05) is 26.2 Å². The highest BCUT2D eigenvalue weighted by Crippen LogP contribution is 2.16. The molecule has 0 aliphatic rings. The van der Waals surface area contributed by atoms with E-state index in [4.69, 9.17) is 10.2 Å². The molecule has 0 aliphatic carbocycles. The molecule has 0 radical (unpaired) electrons. The highest BCUT2D eigenvalue weighted by Gasteiger charge is 2.25. The average molecular weight is 324 g/mol. The number of thiol groups is 2. The summed E-state index contributed by atoms with van der Waals surface area (Å²) in [5.41, 5.74) is 0. The van der Waals surface area contributed by atoms with Gasteiger partial charge in [0.2, 0.25) is 0 Å². The van der Waals surface area contributed by atoms with Gasteiger partial charge in [0.1, 0.15) is 0 Å². The molecule has 0 aromatic rings. The van der Waals surface area contributed by atoms with Gasteiger partial charge in [-0.3, -0.25) is 0 Å². The van der Waals surface area contributed by atoms with Crippen LogP contribution in [0.5, 0.6) is 0 Å². The van der Waals surface area contributed by atoms with Crippen molar-refractivity contribution in [1.29, 1.82) is 0 Å². The van der Waals surface area contributed by atoms with Gasteiger partial charge in [-0.15, -0.1) is 0 Å². The number of nitrogens with zero attached hydrogens (tertiary/aromatic N) is 2. The van der Waals surface area contributed by atoms with E-state index >= 15 is 0 Å². The van der Waals surface area contributed by atoms with Gasteiger partial charge in [0, 0.05) is 35.7 Å². The van der Waals surface area contributed by atoms with Gasteiger partial charge in [-0.05, 0) is 27.7 Å². The van der Waals surface area contributed by atoms with Crippen LogP contribution in [0.15, 0.2) is 0 Å². The van der Waals surface area contributed by atoms with Gasteiger partial charge in [0.15, 0.2) is 0 Å². The van der Waals surface area contributed by atoms with Crippen LogP contribution in [0, 0.1) is 0 Å². The predicted molar refractivity (Wildman–Crippen MR) is 85.3 cm³/mol. The Morgan fingerprint density at radius 2 is 1.10 bits per heavy atom. The number of carbonyl (C=O) groups is 2. The van der Waals surface area contributed by atoms with Crippen LogP contribution in [-0.4, -0.2) is 67.9 Å². The molecule has 0 unspecified atom stereocenters. The highest BCUT2D eigenvalue weighted by molar-refractivity contribution is 7.82. The van der Waals surface area contributed by atoms with E-state index in [0.717, 1.165) is 0 Å². The van der Waals surface area contributed by atoms with E-state index in [1.165, 1.54) is 9.80 Å². The van der Waals surface area contributed by atoms with Crippen LogP contribution in [0.4, 0.5) is 9.59 Å². The van der Waals surface area contributed by atoms with E-state index in [1.54, 1.807) is 27.7 Å². The Hall–Kier alpha value is -0.760. The van der Waals surface area contributed by atoms with Crippen molar-refractivity contribution in [2.24, 2.45) is 0 Å². The molecule has 0 atom stereocenters. The zero-order valence-corrected chi connectivity index (χ0v) is 14.1. The maximum atomic E-state index is 11.2. The second-order valence-corrected chi connectivity index (χ2v) is 8.45. The largest absolute Gasteiger partial charge is 0.465 e. The Balaban J connectivity index is 4.64. The molecule has 0 heterocycles. The Morgan fingerprint density at radius 1 is 0.850 bits per heavy atom. The summed E-state index contributed by atoms with van der Waals surface area (Å²) in [7, 11) is 0. The van der Waals surface area contributed by atoms with Crippen LogP contribution in [0.2, 0.25) is 0 Å². The first-order chi connectivity index (χ1) is 8.82. The Labute approximate surface area is 130 Å². The molecular weight excluding hydrogens is 300 g/mol. The first-order valence-corrected chi connectivity index (χ1v) is 7.12. The first-order valence-electron chi connectivity index (χ1n) is 6.22. The van der Waals surface area contributed by atoms with Gasteiger partial charge >= 0.3 is 12.2 Å². The molecule has 0 aliphatic heterocycles. The summed E-state index contributed by atoms with van der Waals surface area (Å²) in [4.78, 5) is 24.7. The molecule has 118 valence electrons. The van der Waals surface area contributed by atoms with Crippen LogP contribution >= 0.6 is 25.3 Å². The molecule has 0 rings (SSSR count). The fourth-order valence-corrected chi connectivity index (χ4v) is 2.00. The van der Waals surface area contributed by atoms with Gasteiger partial charge in [-0.2, -0.15) is 25.3 Å². The Bertz CT molecular complexity index is 316. The van der Waals surface area contributed by atoms with Crippen molar-refractivity contribution in [3.63, 3.8) is 0 Å². The van der Waals surface area contributed by atoms with Crippen molar-refractivity contribution in [1.82, 2.24) is 9.80 Å². The summed E-state index contributed by atoms with van der Waals surface area (Å²) in [6.45, 7) is 7.88. The third-order valence-corrected chi connectivity index (χ3v) is 2.62. The molecule has 6 nitrogen and oxygen atoms in total. The van der Waals surface area contributed by atoms with Crippen LogP contribution in [0.25, 0.3) is 0 Å². The quantitative estimate of drug-likeness (QED) is 0.542. The minimum Gasteiger partial charge on any atom is -0.465 e. The maximum absolute atomic E-state index is 11.2. The lowest BCUT2D eigenvalue weighted by Gasteiger charge is -2.31. The topological polar surface area (TPSA) is 81.1 Å². The summed E-state index contributed by atoms with van der Waals surface area (Å²) in [5, 5.41) is 18.3. The number of rotatable bonds is 7. The number of amides is 2. The summed E-state index contributed by atoms with van der Waals surface area (Å²) < 4.78 is -0.954. The number of hydrogen-bond donors (Lipinski definition) is 4. The van der Waals surface area contributed by atoms with Crippen molar-refractivity contribution >= 4 is 37.4 Å². The summed E-state index contributed by atoms with van der Waals surface area (Å²) >= 11 is 8.59. The molecule has 0 saturated heterocycles. The van der Waals surface area contributed by atoms with Gasteiger partial charge in [0.05, 0.1) is 0 Å². The smallest absolute Gasteiger partial charge is 0.407 e. The third kappa shape index (κ3) is 9.19. The molecule has 0 bridgehead atoms. The van der Waals surface area contributed by atoms with Gasteiger partial charge in [0.25, 0.3) is 0 Å². The molecule has 0 spiro atoms. The molecule has 0 fully saturated rings. The van der Waals surface area contributed by atoms with Gasteiger partial charge in [-0.25, -0.2) is 9.59 Å². The second kappa shape index (κ2) is 7.31. The van der Waals surface area contributed by atoms with Gasteiger partial charge < -0.3 is 20.0 Å². The van der Waals surface area contributed by atoms with E-state index in [-0.39, 0.29) is 26.2 Å². The van der Waals surface area contributed by atoms with Crippen LogP contribution in [-0.2, 0) is 0 Å². The molecule has 8 heteroatoms. The minimum atomic E-state index is -1.08. The average Bonchev–Trinajstić information content (AvgIpc) is 2.18. The van der Waals surface area contributed by atoms with E-state index < -0.39 is 21.7 Å². The molecular formula is C12H24N2O4S2. The van der Waals surface area contributed by atoms with Crippen LogP contribution < -0.4 is 0 Å². The lowest BCUT2D eigenvalue weighted by molar-refractivity contribution is 0.119. The normalized spacial score (nSPS) is 12.1. The van der Waals surface area contributed by atoms with E-state index in [9.17, 15) is 9.59 Å². The van der Waals surface area contributed by atoms with Crippen LogP contribution in [0.1, 0.15) is 27.7 Å². The lowest BCUT2D eigenvalue weighted by Crippen LogP contribution is -2.46. The first kappa shape index (κ1) is 19.2. The maximum Gasteiger partial charge on any atom is 0.407 e. The van der Waals surface area contributed by atoms with E-state index in [2.05, 4.69) is 25.3 Å². The predicted octanol–water partition coefficient (Wildman–Crippen LogP) is 2.36. The van der Waals surface area contributed by atoms with Crippen molar-refractivity contribution in [3.05, 3.63) is 0 Å². The fourth-order valence-electron chi connectivity index (χ4n) is 1.66. The van der Waals surface area contributed by atoms with Crippen molar-refractivity contribution < 1.29 is 19.8 Å². The molecule has 2 amide bonds. The highest BCUT2D eigenvalue weighted by atomic mass is 32.1. The SMILES string of the molecule is CC(C)(S)CN(CCN(CC(C)(C)S)C(=O)O)C(=O)O. The summed E-state index contributed by atoms with van der Waals surface area (Å²) in [6, 6.07) is 0.